The third-order valence-electron chi connectivity index (χ3n) is 4.68. The highest BCUT2D eigenvalue weighted by Gasteiger charge is 2.21. The van der Waals surface area contributed by atoms with E-state index in [0.717, 1.165) is 25.7 Å². The first kappa shape index (κ1) is 22.8. The number of ketones is 1. The van der Waals surface area contributed by atoms with Gasteiger partial charge in [-0.2, -0.15) is 0 Å². The van der Waals surface area contributed by atoms with E-state index < -0.39 is 27.9 Å². The Labute approximate surface area is 181 Å². The van der Waals surface area contributed by atoms with Gasteiger partial charge in [0.05, 0.1) is 17.9 Å². The van der Waals surface area contributed by atoms with E-state index in [1.165, 1.54) is 31.2 Å². The molecule has 1 aliphatic rings. The first-order chi connectivity index (χ1) is 14.7. The first-order valence-electron chi connectivity index (χ1n) is 9.89. The average molecular weight is 448 g/mol. The van der Waals surface area contributed by atoms with Crippen LogP contribution in [-0.2, 0) is 19.5 Å². The lowest BCUT2D eigenvalue weighted by molar-refractivity contribution is 0.0318. The molecule has 1 heterocycles. The lowest BCUT2D eigenvalue weighted by Gasteiger charge is -2.14. The number of carbonyl (C=O) groups excluding carboxylic acids is 2. The predicted octanol–water partition coefficient (Wildman–Crippen LogP) is 3.04. The summed E-state index contributed by atoms with van der Waals surface area (Å²) >= 11 is 0. The van der Waals surface area contributed by atoms with Crippen LogP contribution in [0.5, 0.6) is 5.75 Å². The third kappa shape index (κ3) is 6.80. The number of anilines is 1. The summed E-state index contributed by atoms with van der Waals surface area (Å²) in [5.74, 6) is -0.392. The molecule has 0 radical (unpaired) electrons. The molecule has 0 saturated carbocycles. The normalized spacial score (nSPS) is 17.0. The smallest absolute Gasteiger partial charge is 0.338 e. The van der Waals surface area contributed by atoms with E-state index in [9.17, 15) is 18.0 Å². The second kappa shape index (κ2) is 9.93. The average Bonchev–Trinajstić information content (AvgIpc) is 3.25. The number of esters is 1. The van der Waals surface area contributed by atoms with E-state index in [0.29, 0.717) is 29.2 Å². The van der Waals surface area contributed by atoms with Gasteiger partial charge in [-0.15, -0.1) is 0 Å². The summed E-state index contributed by atoms with van der Waals surface area (Å²) in [6.07, 6.45) is 2.16. The molecular formula is C22H25NO7S. The van der Waals surface area contributed by atoms with E-state index in [1.807, 2.05) is 0 Å². The number of benzene rings is 2. The van der Waals surface area contributed by atoms with Crippen LogP contribution in [0, 0.1) is 0 Å². The molecule has 0 aliphatic carbocycles. The van der Waals surface area contributed by atoms with Crippen molar-refractivity contribution in [3.63, 3.8) is 0 Å². The van der Waals surface area contributed by atoms with Crippen LogP contribution in [0.15, 0.2) is 48.5 Å². The summed E-state index contributed by atoms with van der Waals surface area (Å²) in [6.45, 7) is 2.72. The molecule has 2 atom stereocenters. The predicted molar refractivity (Wildman–Crippen MR) is 115 cm³/mol. The fourth-order valence-electron chi connectivity index (χ4n) is 3.09. The van der Waals surface area contributed by atoms with Gasteiger partial charge in [0.1, 0.15) is 12.4 Å². The molecule has 31 heavy (non-hydrogen) atoms. The summed E-state index contributed by atoms with van der Waals surface area (Å²) in [5.41, 5.74) is 0.944. The molecule has 0 aromatic heterocycles. The first-order valence-corrected chi connectivity index (χ1v) is 11.8. The molecule has 1 saturated heterocycles. The second-order valence-corrected chi connectivity index (χ2v) is 9.08. The number of carbonyl (C=O) groups is 2. The zero-order valence-electron chi connectivity index (χ0n) is 17.4. The Bertz CT molecular complexity index is 1010. The molecule has 0 amide bonds. The van der Waals surface area contributed by atoms with Crippen LogP contribution in [0.2, 0.25) is 0 Å². The van der Waals surface area contributed by atoms with Crippen molar-refractivity contribution >= 4 is 27.5 Å². The number of Topliss-reactive ketones (excluding diaryl/α,β-unsaturated/α-hetero) is 1. The van der Waals surface area contributed by atoms with Gasteiger partial charge in [-0.05, 0) is 68.3 Å². The monoisotopic (exact) mass is 447 g/mol. The molecule has 9 heteroatoms. The topological polar surface area (TPSA) is 108 Å². The Morgan fingerprint density at radius 2 is 1.74 bits per heavy atom. The van der Waals surface area contributed by atoms with Gasteiger partial charge in [0.25, 0.3) is 0 Å². The highest BCUT2D eigenvalue weighted by atomic mass is 32.2. The molecule has 1 N–H and O–H groups in total. The van der Waals surface area contributed by atoms with Gasteiger partial charge in [0.2, 0.25) is 15.8 Å². The van der Waals surface area contributed by atoms with Gasteiger partial charge >= 0.3 is 5.97 Å². The van der Waals surface area contributed by atoms with Crippen molar-refractivity contribution in [2.45, 2.75) is 32.0 Å². The van der Waals surface area contributed by atoms with Crippen LogP contribution in [0.4, 0.5) is 5.69 Å². The molecular weight excluding hydrogens is 422 g/mol. The number of sulfonamides is 1. The fourth-order valence-corrected chi connectivity index (χ4v) is 3.65. The highest BCUT2D eigenvalue weighted by molar-refractivity contribution is 7.92. The molecule has 2 aromatic rings. The Morgan fingerprint density at radius 3 is 2.32 bits per heavy atom. The maximum Gasteiger partial charge on any atom is 0.338 e. The van der Waals surface area contributed by atoms with Crippen molar-refractivity contribution in [2.75, 3.05) is 24.2 Å². The number of nitrogens with one attached hydrogen (secondary N) is 1. The van der Waals surface area contributed by atoms with Crippen molar-refractivity contribution < 1.29 is 32.2 Å². The van der Waals surface area contributed by atoms with Crippen molar-refractivity contribution in [2.24, 2.45) is 0 Å². The van der Waals surface area contributed by atoms with Crippen molar-refractivity contribution in [1.29, 1.82) is 0 Å². The Balaban J connectivity index is 1.53. The number of rotatable bonds is 9. The van der Waals surface area contributed by atoms with Gasteiger partial charge in [-0.1, -0.05) is 0 Å². The summed E-state index contributed by atoms with van der Waals surface area (Å²) < 4.78 is 41.3. The summed E-state index contributed by atoms with van der Waals surface area (Å²) in [4.78, 5) is 24.9. The quantitative estimate of drug-likeness (QED) is 0.465. The van der Waals surface area contributed by atoms with Gasteiger partial charge in [-0.25, -0.2) is 13.2 Å². The van der Waals surface area contributed by atoms with E-state index in [1.54, 1.807) is 24.3 Å². The van der Waals surface area contributed by atoms with Crippen molar-refractivity contribution in [3.05, 3.63) is 59.7 Å². The molecule has 166 valence electrons. The van der Waals surface area contributed by atoms with E-state index >= 15 is 0 Å². The highest BCUT2D eigenvalue weighted by Crippen LogP contribution is 2.18. The molecule has 1 fully saturated rings. The minimum absolute atomic E-state index is 0.104. The van der Waals surface area contributed by atoms with E-state index in [-0.39, 0.29) is 6.10 Å². The standard InChI is InChI=1S/C22H25NO7S/c1-15(21(24)16-5-9-18(10-6-16)23-31(2,26)27)30-22(25)17-7-11-19(12-8-17)29-14-20-4-3-13-28-20/h5-12,15,20,23H,3-4,13-14H2,1-2H3/t15-,20+/m0/s1. The van der Waals surface area contributed by atoms with Crippen LogP contribution in [-0.4, -0.2) is 51.8 Å². The molecule has 0 unspecified atom stereocenters. The van der Waals surface area contributed by atoms with Crippen LogP contribution in [0.25, 0.3) is 0 Å². The van der Waals surface area contributed by atoms with Gasteiger partial charge in [-0.3, -0.25) is 9.52 Å². The lowest BCUT2D eigenvalue weighted by Crippen LogP contribution is -2.24. The maximum absolute atomic E-state index is 12.5. The summed E-state index contributed by atoms with van der Waals surface area (Å²) in [5, 5.41) is 0. The zero-order valence-corrected chi connectivity index (χ0v) is 18.2. The molecule has 1 aliphatic heterocycles. The third-order valence-corrected chi connectivity index (χ3v) is 5.28. The number of ether oxygens (including phenoxy) is 3. The Morgan fingerprint density at radius 1 is 1.10 bits per heavy atom. The molecule has 0 spiro atoms. The van der Waals surface area contributed by atoms with Crippen LogP contribution < -0.4 is 9.46 Å². The molecule has 2 aromatic carbocycles. The van der Waals surface area contributed by atoms with Gasteiger partial charge < -0.3 is 14.2 Å². The van der Waals surface area contributed by atoms with Gasteiger partial charge in [0, 0.05) is 17.9 Å². The van der Waals surface area contributed by atoms with Gasteiger partial charge in [0.15, 0.2) is 6.10 Å². The molecule has 0 bridgehead atoms. The number of hydrogen-bond donors (Lipinski definition) is 1. The lowest BCUT2D eigenvalue weighted by atomic mass is 10.1. The van der Waals surface area contributed by atoms with Crippen LogP contribution >= 0.6 is 0 Å². The minimum atomic E-state index is -3.40. The summed E-state index contributed by atoms with van der Waals surface area (Å²) in [6, 6.07) is 12.4. The largest absolute Gasteiger partial charge is 0.491 e. The van der Waals surface area contributed by atoms with E-state index in [2.05, 4.69) is 4.72 Å². The van der Waals surface area contributed by atoms with E-state index in [4.69, 9.17) is 14.2 Å². The van der Waals surface area contributed by atoms with Crippen molar-refractivity contribution in [3.8, 4) is 5.75 Å². The Kier molecular flexibility index (Phi) is 7.29. The van der Waals surface area contributed by atoms with Crippen LogP contribution in [0.3, 0.4) is 0 Å². The Hall–Kier alpha value is -2.91. The van der Waals surface area contributed by atoms with Crippen molar-refractivity contribution in [1.82, 2.24) is 0 Å². The fraction of sp³-hybridized carbons (Fsp3) is 0.364. The minimum Gasteiger partial charge on any atom is -0.491 e. The summed E-state index contributed by atoms with van der Waals surface area (Å²) in [7, 11) is -3.40. The molecule has 3 rings (SSSR count). The SMILES string of the molecule is C[C@H](OC(=O)c1ccc(OC[C@H]2CCCO2)cc1)C(=O)c1ccc(NS(C)(=O)=O)cc1. The van der Waals surface area contributed by atoms with Crippen LogP contribution in [0.1, 0.15) is 40.5 Å². The maximum atomic E-state index is 12.5. The zero-order chi connectivity index (χ0) is 22.4. The molecule has 8 nitrogen and oxygen atoms in total. The second-order valence-electron chi connectivity index (χ2n) is 7.33. The number of hydrogen-bond acceptors (Lipinski definition) is 7.